The van der Waals surface area contributed by atoms with Crippen molar-refractivity contribution in [1.82, 2.24) is 4.98 Å². The van der Waals surface area contributed by atoms with E-state index >= 15 is 0 Å². The van der Waals surface area contributed by atoms with Gasteiger partial charge in [0.15, 0.2) is 11.4 Å². The Labute approximate surface area is 98.5 Å². The molecule has 2 N–H and O–H groups in total. The van der Waals surface area contributed by atoms with E-state index < -0.39 is 41.7 Å². The van der Waals surface area contributed by atoms with E-state index in [0.717, 1.165) is 7.11 Å². The van der Waals surface area contributed by atoms with Crippen LogP contribution in [0.3, 0.4) is 0 Å². The number of alkyl halides is 3. The highest BCUT2D eigenvalue weighted by Gasteiger charge is 2.35. The summed E-state index contributed by atoms with van der Waals surface area (Å²) in [6, 6.07) is 0. The lowest BCUT2D eigenvalue weighted by Crippen LogP contribution is -2.22. The maximum atomic E-state index is 13.2. The molecule has 5 nitrogen and oxygen atoms in total. The van der Waals surface area contributed by atoms with Gasteiger partial charge in [0.25, 0.3) is 0 Å². The van der Waals surface area contributed by atoms with Crippen molar-refractivity contribution in [2.45, 2.75) is 12.9 Å². The number of carbonyl (C=O) groups is 1. The number of methoxy groups -OCH3 is 1. The van der Waals surface area contributed by atoms with E-state index in [1.165, 1.54) is 0 Å². The van der Waals surface area contributed by atoms with Crippen LogP contribution >= 0.6 is 0 Å². The number of carbonyl (C=O) groups excluding carboxylic acids is 1. The third kappa shape index (κ3) is 3.06. The summed E-state index contributed by atoms with van der Waals surface area (Å²) in [5.41, 5.74) is 3.71. The third-order valence-corrected chi connectivity index (χ3v) is 1.89. The first-order valence-corrected chi connectivity index (χ1v) is 4.51. The molecule has 0 saturated carbocycles. The number of hydrogen-bond acceptors (Lipinski definition) is 5. The van der Waals surface area contributed by atoms with E-state index in [1.54, 1.807) is 0 Å². The smallest absolute Gasteiger partial charge is 0.464 e. The highest BCUT2D eigenvalue weighted by atomic mass is 19.4. The molecule has 0 fully saturated rings. The zero-order valence-electron chi connectivity index (χ0n) is 9.05. The standard InChI is InChI=1S/C9H8F4N2O3/c1-17-8(16)6-7(18-9(11,12)13)4(2-14)5(10)3-15-6/h3H,2,14H2,1H3. The summed E-state index contributed by atoms with van der Waals surface area (Å²) in [6.07, 6.45) is -4.54. The largest absolute Gasteiger partial charge is 0.573 e. The summed E-state index contributed by atoms with van der Waals surface area (Å²) in [5, 5.41) is 0. The number of halogens is 4. The highest BCUT2D eigenvalue weighted by molar-refractivity contribution is 5.90. The van der Waals surface area contributed by atoms with Crippen LogP contribution in [-0.4, -0.2) is 24.4 Å². The van der Waals surface area contributed by atoms with Crippen molar-refractivity contribution in [3.05, 3.63) is 23.3 Å². The molecule has 1 aromatic heterocycles. The van der Waals surface area contributed by atoms with Gasteiger partial charge in [-0.25, -0.2) is 14.2 Å². The summed E-state index contributed by atoms with van der Waals surface area (Å²) >= 11 is 0. The molecule has 100 valence electrons. The van der Waals surface area contributed by atoms with Crippen LogP contribution in [0, 0.1) is 5.82 Å². The van der Waals surface area contributed by atoms with Gasteiger partial charge in [0.05, 0.1) is 13.3 Å². The fourth-order valence-corrected chi connectivity index (χ4v) is 1.17. The van der Waals surface area contributed by atoms with Crippen molar-refractivity contribution in [1.29, 1.82) is 0 Å². The van der Waals surface area contributed by atoms with Crippen LogP contribution in [0.4, 0.5) is 17.6 Å². The summed E-state index contributed by atoms with van der Waals surface area (Å²) in [7, 11) is 0.937. The number of nitrogens with zero attached hydrogens (tertiary/aromatic N) is 1. The lowest BCUT2D eigenvalue weighted by atomic mass is 10.2. The van der Waals surface area contributed by atoms with E-state index in [2.05, 4.69) is 14.5 Å². The Balaban J connectivity index is 3.39. The van der Waals surface area contributed by atoms with E-state index in [4.69, 9.17) is 5.73 Å². The normalized spacial score (nSPS) is 11.2. The third-order valence-electron chi connectivity index (χ3n) is 1.89. The molecule has 0 spiro atoms. The Morgan fingerprint density at radius 2 is 2.11 bits per heavy atom. The highest BCUT2D eigenvalue weighted by Crippen LogP contribution is 2.30. The summed E-state index contributed by atoms with van der Waals surface area (Å²) < 4.78 is 57.5. The van der Waals surface area contributed by atoms with Crippen LogP contribution in [0.1, 0.15) is 16.1 Å². The molecule has 9 heteroatoms. The number of esters is 1. The fraction of sp³-hybridized carbons (Fsp3) is 0.333. The van der Waals surface area contributed by atoms with Crippen LogP contribution in [-0.2, 0) is 11.3 Å². The molecule has 0 aliphatic heterocycles. The number of ether oxygens (including phenoxy) is 2. The molecule has 0 bridgehead atoms. The average Bonchev–Trinajstić information content (AvgIpc) is 2.26. The van der Waals surface area contributed by atoms with Crippen LogP contribution in [0.2, 0.25) is 0 Å². The van der Waals surface area contributed by atoms with Crippen molar-refractivity contribution >= 4 is 5.97 Å². The Kier molecular flexibility index (Phi) is 4.07. The van der Waals surface area contributed by atoms with Gasteiger partial charge < -0.3 is 15.2 Å². The van der Waals surface area contributed by atoms with E-state index in [-0.39, 0.29) is 0 Å². The summed E-state index contributed by atoms with van der Waals surface area (Å²) in [6.45, 7) is -0.593. The van der Waals surface area contributed by atoms with Gasteiger partial charge in [-0.05, 0) is 0 Å². The first-order valence-electron chi connectivity index (χ1n) is 4.51. The Morgan fingerprint density at radius 1 is 1.50 bits per heavy atom. The zero-order valence-corrected chi connectivity index (χ0v) is 9.05. The summed E-state index contributed by atoms with van der Waals surface area (Å²) in [5.74, 6) is -3.38. The van der Waals surface area contributed by atoms with Crippen LogP contribution in [0.15, 0.2) is 6.20 Å². The lowest BCUT2D eigenvalue weighted by Gasteiger charge is -2.15. The molecule has 0 aliphatic carbocycles. The summed E-state index contributed by atoms with van der Waals surface area (Å²) in [4.78, 5) is 14.4. The number of aromatic nitrogens is 1. The van der Waals surface area contributed by atoms with Gasteiger partial charge in [0.1, 0.15) is 5.82 Å². The molecule has 1 heterocycles. The molecule has 18 heavy (non-hydrogen) atoms. The second kappa shape index (κ2) is 5.17. The Morgan fingerprint density at radius 3 is 2.56 bits per heavy atom. The van der Waals surface area contributed by atoms with Gasteiger partial charge in [0.2, 0.25) is 0 Å². The van der Waals surface area contributed by atoms with Crippen molar-refractivity contribution in [3.8, 4) is 5.75 Å². The molecule has 0 unspecified atom stereocenters. The van der Waals surface area contributed by atoms with Gasteiger partial charge in [-0.1, -0.05) is 0 Å². The molecule has 0 radical (unpaired) electrons. The second-order valence-corrected chi connectivity index (χ2v) is 3.01. The van der Waals surface area contributed by atoms with Crippen LogP contribution in [0.5, 0.6) is 5.75 Å². The van der Waals surface area contributed by atoms with Crippen molar-refractivity contribution < 1.29 is 31.8 Å². The lowest BCUT2D eigenvalue weighted by molar-refractivity contribution is -0.275. The van der Waals surface area contributed by atoms with Gasteiger partial charge >= 0.3 is 12.3 Å². The van der Waals surface area contributed by atoms with Crippen molar-refractivity contribution in [2.75, 3.05) is 7.11 Å². The minimum atomic E-state index is -5.11. The fourth-order valence-electron chi connectivity index (χ4n) is 1.17. The molecular formula is C9H8F4N2O3. The number of hydrogen-bond donors (Lipinski definition) is 1. The van der Waals surface area contributed by atoms with Crippen molar-refractivity contribution in [3.63, 3.8) is 0 Å². The number of rotatable bonds is 3. The topological polar surface area (TPSA) is 74.4 Å². The molecule has 0 amide bonds. The number of pyridine rings is 1. The first kappa shape index (κ1) is 14.2. The second-order valence-electron chi connectivity index (χ2n) is 3.01. The van der Waals surface area contributed by atoms with E-state index in [9.17, 15) is 22.4 Å². The molecule has 1 aromatic rings. The molecule has 0 aromatic carbocycles. The minimum absolute atomic E-state index is 0.567. The van der Waals surface area contributed by atoms with Crippen LogP contribution < -0.4 is 10.5 Å². The van der Waals surface area contributed by atoms with Gasteiger partial charge in [-0.2, -0.15) is 0 Å². The first-order chi connectivity index (χ1) is 8.30. The van der Waals surface area contributed by atoms with Gasteiger partial charge in [0, 0.05) is 12.1 Å². The predicted octanol–water partition coefficient (Wildman–Crippen LogP) is 1.36. The average molecular weight is 268 g/mol. The van der Waals surface area contributed by atoms with Gasteiger partial charge in [-0.15, -0.1) is 13.2 Å². The molecule has 1 rings (SSSR count). The Hall–Kier alpha value is -1.90. The Bertz CT molecular complexity index is 462. The molecule has 0 atom stereocenters. The zero-order chi connectivity index (χ0) is 13.9. The van der Waals surface area contributed by atoms with Crippen molar-refractivity contribution in [2.24, 2.45) is 5.73 Å². The minimum Gasteiger partial charge on any atom is -0.464 e. The molecule has 0 saturated heterocycles. The number of nitrogens with two attached hydrogens (primary N) is 1. The van der Waals surface area contributed by atoms with Gasteiger partial charge in [-0.3, -0.25) is 0 Å². The quantitative estimate of drug-likeness (QED) is 0.662. The predicted molar refractivity (Wildman–Crippen MR) is 50.1 cm³/mol. The maximum Gasteiger partial charge on any atom is 0.573 e. The molecule has 0 aliphatic rings. The van der Waals surface area contributed by atoms with Crippen LogP contribution in [0.25, 0.3) is 0 Å². The SMILES string of the molecule is COC(=O)c1ncc(F)c(CN)c1OC(F)(F)F. The maximum absolute atomic E-state index is 13.2. The molecular weight excluding hydrogens is 260 g/mol. The monoisotopic (exact) mass is 268 g/mol. The van der Waals surface area contributed by atoms with E-state index in [0.29, 0.717) is 6.20 Å². The van der Waals surface area contributed by atoms with E-state index in [1.807, 2.05) is 0 Å².